The zero-order chi connectivity index (χ0) is 29.5. The van der Waals surface area contributed by atoms with E-state index in [2.05, 4.69) is 4.74 Å². The fourth-order valence-electron chi connectivity index (χ4n) is 2.51. The van der Waals surface area contributed by atoms with Gasteiger partial charge >= 0.3 is 17.9 Å². The van der Waals surface area contributed by atoms with Crippen LogP contribution < -0.4 is 0 Å². The predicted molar refractivity (Wildman–Crippen MR) is 136 cm³/mol. The third-order valence-corrected chi connectivity index (χ3v) is 4.57. The number of ketones is 1. The van der Waals surface area contributed by atoms with Crippen LogP contribution in [-0.2, 0) is 66.5 Å². The van der Waals surface area contributed by atoms with Crippen molar-refractivity contribution in [3.63, 3.8) is 0 Å². The number of rotatable bonds is 31. The summed E-state index contributed by atoms with van der Waals surface area (Å²) in [6.07, 6.45) is -0.434. The number of carbonyl (C=O) groups is 4. The number of hydrogen-bond donors (Lipinski definition) is 1. The van der Waals surface area contributed by atoms with E-state index in [0.717, 1.165) is 0 Å². The number of carbonyl (C=O) groups excluding carboxylic acids is 3. The fourth-order valence-corrected chi connectivity index (χ4v) is 2.51. The average Bonchev–Trinajstić information content (AvgIpc) is 2.95. The average molecular weight is 585 g/mol. The molecule has 40 heavy (non-hydrogen) atoms. The maximum Gasteiger partial charge on any atom is 0.372 e. The number of aliphatic carboxylic acids is 1. The number of carboxylic acid groups (broad SMARTS) is 1. The molecule has 0 bridgehead atoms. The van der Waals surface area contributed by atoms with Gasteiger partial charge in [-0.25, -0.2) is 4.79 Å². The van der Waals surface area contributed by atoms with Crippen molar-refractivity contribution in [2.75, 3.05) is 119 Å². The van der Waals surface area contributed by atoms with Gasteiger partial charge in [-0.1, -0.05) is 0 Å². The third kappa shape index (κ3) is 28.8. The highest BCUT2D eigenvalue weighted by Gasteiger charge is 2.14. The Kier molecular flexibility index (Phi) is 28.1. The van der Waals surface area contributed by atoms with Crippen LogP contribution in [0.3, 0.4) is 0 Å². The lowest BCUT2D eigenvalue weighted by atomic mass is 10.2. The molecule has 15 nitrogen and oxygen atoms in total. The lowest BCUT2D eigenvalue weighted by Gasteiger charge is -2.09. The van der Waals surface area contributed by atoms with Crippen LogP contribution in [0.2, 0.25) is 0 Å². The first-order valence-corrected chi connectivity index (χ1v) is 13.1. The second kappa shape index (κ2) is 29.7. The van der Waals surface area contributed by atoms with E-state index < -0.39 is 17.7 Å². The molecule has 0 unspecified atom stereocenters. The maximum absolute atomic E-state index is 11.3. The minimum atomic E-state index is -1.57. The van der Waals surface area contributed by atoms with Crippen molar-refractivity contribution < 1.29 is 71.7 Å². The minimum Gasteiger partial charge on any atom is -0.476 e. The minimum absolute atomic E-state index is 0.0114. The van der Waals surface area contributed by atoms with Crippen LogP contribution in [0.4, 0.5) is 0 Å². The van der Waals surface area contributed by atoms with Gasteiger partial charge < -0.3 is 52.5 Å². The summed E-state index contributed by atoms with van der Waals surface area (Å²) in [6, 6.07) is 0. The number of esters is 2. The van der Waals surface area contributed by atoms with E-state index in [1.165, 1.54) is 7.11 Å². The number of methoxy groups -OCH3 is 1. The van der Waals surface area contributed by atoms with E-state index in [1.807, 2.05) is 0 Å². The van der Waals surface area contributed by atoms with Crippen LogP contribution in [0.5, 0.6) is 0 Å². The van der Waals surface area contributed by atoms with Crippen molar-refractivity contribution in [2.45, 2.75) is 19.3 Å². The third-order valence-electron chi connectivity index (χ3n) is 4.57. The molecule has 0 fully saturated rings. The summed E-state index contributed by atoms with van der Waals surface area (Å²) in [7, 11) is 1.34. The van der Waals surface area contributed by atoms with Crippen molar-refractivity contribution >= 4 is 23.7 Å². The summed E-state index contributed by atoms with van der Waals surface area (Å²) >= 11 is 0. The normalized spacial score (nSPS) is 10.9. The van der Waals surface area contributed by atoms with E-state index in [9.17, 15) is 19.2 Å². The smallest absolute Gasteiger partial charge is 0.372 e. The Labute approximate surface area is 234 Å². The van der Waals surface area contributed by atoms with Gasteiger partial charge in [-0.3, -0.25) is 14.4 Å². The van der Waals surface area contributed by atoms with Crippen molar-refractivity contribution in [1.82, 2.24) is 0 Å². The number of ether oxygens (including phenoxy) is 10. The van der Waals surface area contributed by atoms with Gasteiger partial charge in [0.2, 0.25) is 5.78 Å². The highest BCUT2D eigenvalue weighted by Crippen LogP contribution is 1.95. The van der Waals surface area contributed by atoms with E-state index >= 15 is 0 Å². The first-order chi connectivity index (χ1) is 19.5. The topological polar surface area (TPSA) is 181 Å². The SMILES string of the molecule is COC(=O)CCOCCOCCOCCOCCOCCOCCOCCOCCOC(=O)CCC(=O)C(=O)O. The Bertz CT molecular complexity index is 644. The van der Waals surface area contributed by atoms with Crippen molar-refractivity contribution in [3.8, 4) is 0 Å². The second-order valence-corrected chi connectivity index (χ2v) is 7.67. The van der Waals surface area contributed by atoms with Crippen LogP contribution >= 0.6 is 0 Å². The summed E-state index contributed by atoms with van der Waals surface area (Å²) in [4.78, 5) is 43.4. The van der Waals surface area contributed by atoms with Gasteiger partial charge in [0.25, 0.3) is 0 Å². The largest absolute Gasteiger partial charge is 0.476 e. The summed E-state index contributed by atoms with van der Waals surface area (Å²) < 4.78 is 52.0. The lowest BCUT2D eigenvalue weighted by Crippen LogP contribution is -2.17. The van der Waals surface area contributed by atoms with Crippen molar-refractivity contribution in [3.05, 3.63) is 0 Å². The molecule has 0 aromatic rings. The number of hydrogen-bond acceptors (Lipinski definition) is 14. The molecule has 0 saturated heterocycles. The molecule has 15 heteroatoms. The van der Waals surface area contributed by atoms with E-state index in [-0.39, 0.29) is 38.4 Å². The van der Waals surface area contributed by atoms with Crippen molar-refractivity contribution in [1.29, 1.82) is 0 Å². The Morgan fingerprint density at radius 1 is 0.425 bits per heavy atom. The molecular weight excluding hydrogens is 540 g/mol. The van der Waals surface area contributed by atoms with E-state index in [0.29, 0.717) is 99.1 Å². The summed E-state index contributed by atoms with van der Waals surface area (Å²) in [5.74, 6) is -3.55. The first kappa shape index (κ1) is 37.8. The van der Waals surface area contributed by atoms with Gasteiger partial charge in [-0.05, 0) is 0 Å². The Morgan fingerprint density at radius 3 is 1.07 bits per heavy atom. The molecule has 0 aliphatic carbocycles. The quantitative estimate of drug-likeness (QED) is 0.0634. The summed E-state index contributed by atoms with van der Waals surface area (Å²) in [5, 5.41) is 8.42. The summed E-state index contributed by atoms with van der Waals surface area (Å²) in [5.41, 5.74) is 0. The molecular formula is C25H44O15. The molecule has 0 spiro atoms. The number of carboxylic acids is 1. The van der Waals surface area contributed by atoms with Gasteiger partial charge in [0.1, 0.15) is 6.61 Å². The van der Waals surface area contributed by atoms with Crippen LogP contribution in [0.15, 0.2) is 0 Å². The molecule has 0 heterocycles. The Balaban J connectivity index is 3.15. The fraction of sp³-hybridized carbons (Fsp3) is 0.840. The van der Waals surface area contributed by atoms with Gasteiger partial charge in [0.05, 0.1) is 126 Å². The zero-order valence-corrected chi connectivity index (χ0v) is 23.3. The predicted octanol–water partition coefficient (Wildman–Crippen LogP) is -0.341. The Morgan fingerprint density at radius 2 is 0.750 bits per heavy atom. The van der Waals surface area contributed by atoms with Gasteiger partial charge in [0.15, 0.2) is 0 Å². The molecule has 0 radical (unpaired) electrons. The maximum atomic E-state index is 11.3. The molecule has 0 amide bonds. The molecule has 0 aliphatic rings. The molecule has 0 aromatic heterocycles. The van der Waals surface area contributed by atoms with Crippen molar-refractivity contribution in [2.24, 2.45) is 0 Å². The Hall–Kier alpha value is -2.24. The van der Waals surface area contributed by atoms with Crippen LogP contribution in [0, 0.1) is 0 Å². The van der Waals surface area contributed by atoms with Gasteiger partial charge in [-0.15, -0.1) is 0 Å². The lowest BCUT2D eigenvalue weighted by molar-refractivity contribution is -0.151. The molecule has 0 rings (SSSR count). The molecule has 234 valence electrons. The zero-order valence-electron chi connectivity index (χ0n) is 23.3. The highest BCUT2D eigenvalue weighted by molar-refractivity contribution is 6.32. The monoisotopic (exact) mass is 584 g/mol. The standard InChI is InChI=1S/C25H44O15/c1-31-23(27)4-5-32-6-7-33-8-9-34-10-11-35-12-13-36-14-15-37-16-17-38-18-19-39-20-21-40-24(28)3-2-22(26)25(29)30/h2-21H2,1H3,(H,29,30). The molecule has 1 N–H and O–H groups in total. The number of Topliss-reactive ketones (excluding diaryl/α,β-unsaturated/α-hetero) is 1. The molecule has 0 saturated carbocycles. The van der Waals surface area contributed by atoms with E-state index in [1.54, 1.807) is 0 Å². The highest BCUT2D eigenvalue weighted by atomic mass is 16.6. The molecule has 0 aliphatic heterocycles. The van der Waals surface area contributed by atoms with Crippen LogP contribution in [-0.4, -0.2) is 148 Å². The van der Waals surface area contributed by atoms with Crippen LogP contribution in [0.1, 0.15) is 19.3 Å². The van der Waals surface area contributed by atoms with Gasteiger partial charge in [0, 0.05) is 6.42 Å². The first-order valence-electron chi connectivity index (χ1n) is 13.1. The molecule has 0 atom stereocenters. The van der Waals surface area contributed by atoms with Crippen LogP contribution in [0.25, 0.3) is 0 Å². The van der Waals surface area contributed by atoms with Gasteiger partial charge in [-0.2, -0.15) is 0 Å². The second-order valence-electron chi connectivity index (χ2n) is 7.67. The summed E-state index contributed by atoms with van der Waals surface area (Å²) in [6.45, 7) is 6.40. The van der Waals surface area contributed by atoms with E-state index in [4.69, 9.17) is 47.7 Å². The molecule has 0 aromatic carbocycles.